The topological polar surface area (TPSA) is 82.6 Å². The summed E-state index contributed by atoms with van der Waals surface area (Å²) in [5.41, 5.74) is 0.117. The highest BCUT2D eigenvalue weighted by Gasteiger charge is 2.55. The highest BCUT2D eigenvalue weighted by molar-refractivity contribution is 7.18. The van der Waals surface area contributed by atoms with Crippen molar-refractivity contribution in [3.63, 3.8) is 0 Å². The maximum atomic E-state index is 13.2. The highest BCUT2D eigenvalue weighted by atomic mass is 32.1. The Morgan fingerprint density at radius 3 is 2.87 bits per heavy atom. The molecule has 3 unspecified atom stereocenters. The lowest BCUT2D eigenvalue weighted by atomic mass is 9.73. The molecule has 1 N–H and O–H groups in total. The summed E-state index contributed by atoms with van der Waals surface area (Å²) in [5, 5.41) is 3.86. The first kappa shape index (κ1) is 19.5. The van der Waals surface area contributed by atoms with Crippen LogP contribution in [0.2, 0.25) is 0 Å². The van der Waals surface area contributed by atoms with Gasteiger partial charge in [0.1, 0.15) is 17.1 Å². The maximum absolute atomic E-state index is 13.2. The zero-order valence-electron chi connectivity index (χ0n) is 17.1. The molecule has 3 heterocycles. The second-order valence-corrected chi connectivity index (χ2v) is 9.77. The SMILES string of the molecule is CC1CCCCC12NC(=O)N(CC(=O)N1CCCC1c1nc3ccccc3s1)C2=O. The van der Waals surface area contributed by atoms with E-state index >= 15 is 0 Å². The molecule has 30 heavy (non-hydrogen) atoms. The van der Waals surface area contributed by atoms with Gasteiger partial charge in [-0.1, -0.05) is 31.9 Å². The minimum Gasteiger partial charge on any atom is -0.332 e. The van der Waals surface area contributed by atoms with E-state index in [1.165, 1.54) is 0 Å². The standard InChI is InChI=1S/C22H26N4O3S/c1-14-7-4-5-11-22(14)20(28)26(21(29)24-22)13-18(27)25-12-6-9-16(25)19-23-15-8-2-3-10-17(15)30-19/h2-3,8,10,14,16H,4-7,9,11-13H2,1H3,(H,24,29). The van der Waals surface area contributed by atoms with Gasteiger partial charge in [0.05, 0.1) is 16.3 Å². The molecule has 4 amide bonds. The number of fused-ring (bicyclic) bond motifs is 1. The second kappa shape index (κ2) is 7.34. The van der Waals surface area contributed by atoms with Gasteiger partial charge in [0.25, 0.3) is 5.91 Å². The molecule has 1 aromatic heterocycles. The molecule has 0 radical (unpaired) electrons. The summed E-state index contributed by atoms with van der Waals surface area (Å²) in [5.74, 6) is -0.324. The van der Waals surface area contributed by atoms with Crippen LogP contribution < -0.4 is 5.32 Å². The van der Waals surface area contributed by atoms with E-state index in [1.807, 2.05) is 31.2 Å². The van der Waals surface area contributed by atoms with Gasteiger partial charge in [-0.15, -0.1) is 11.3 Å². The Morgan fingerprint density at radius 1 is 1.23 bits per heavy atom. The molecule has 7 nitrogen and oxygen atoms in total. The van der Waals surface area contributed by atoms with E-state index in [4.69, 9.17) is 4.98 Å². The number of aromatic nitrogens is 1. The van der Waals surface area contributed by atoms with Crippen molar-refractivity contribution < 1.29 is 14.4 Å². The van der Waals surface area contributed by atoms with Crippen molar-refractivity contribution in [1.82, 2.24) is 20.1 Å². The van der Waals surface area contributed by atoms with Gasteiger partial charge >= 0.3 is 6.03 Å². The number of amides is 4. The Balaban J connectivity index is 1.34. The molecule has 0 bridgehead atoms. The van der Waals surface area contributed by atoms with Gasteiger partial charge in [0.2, 0.25) is 5.91 Å². The summed E-state index contributed by atoms with van der Waals surface area (Å²) in [6, 6.07) is 7.45. The van der Waals surface area contributed by atoms with E-state index in [2.05, 4.69) is 5.32 Å². The van der Waals surface area contributed by atoms with E-state index in [-0.39, 0.29) is 30.3 Å². The summed E-state index contributed by atoms with van der Waals surface area (Å²) < 4.78 is 1.11. The van der Waals surface area contributed by atoms with Crippen molar-refractivity contribution in [1.29, 1.82) is 0 Å². The molecule has 1 aromatic carbocycles. The predicted molar refractivity (Wildman–Crippen MR) is 114 cm³/mol. The molecule has 2 saturated heterocycles. The Labute approximate surface area is 179 Å². The number of likely N-dealkylation sites (tertiary alicyclic amines) is 1. The molecule has 2 aromatic rings. The number of imide groups is 1. The first-order chi connectivity index (χ1) is 14.5. The molecule has 3 aliphatic rings. The number of hydrogen-bond acceptors (Lipinski definition) is 5. The van der Waals surface area contributed by atoms with E-state index < -0.39 is 11.6 Å². The largest absolute Gasteiger partial charge is 0.332 e. The number of para-hydroxylation sites is 1. The van der Waals surface area contributed by atoms with Crippen LogP contribution in [0.25, 0.3) is 10.2 Å². The molecule has 8 heteroatoms. The summed E-state index contributed by atoms with van der Waals surface area (Å²) in [4.78, 5) is 46.7. The van der Waals surface area contributed by atoms with Crippen molar-refractivity contribution in [2.24, 2.45) is 5.92 Å². The van der Waals surface area contributed by atoms with Gasteiger partial charge in [-0.05, 0) is 43.7 Å². The second-order valence-electron chi connectivity index (χ2n) is 8.70. The smallest absolute Gasteiger partial charge is 0.325 e. The van der Waals surface area contributed by atoms with Crippen molar-refractivity contribution in [3.05, 3.63) is 29.3 Å². The number of carbonyl (C=O) groups is 3. The number of urea groups is 1. The number of benzene rings is 1. The Hall–Kier alpha value is -2.48. The van der Waals surface area contributed by atoms with E-state index in [0.717, 1.165) is 52.2 Å². The fraction of sp³-hybridized carbons (Fsp3) is 0.545. The van der Waals surface area contributed by atoms with Crippen LogP contribution in [0.3, 0.4) is 0 Å². The number of rotatable bonds is 3. The third-order valence-electron chi connectivity index (χ3n) is 6.96. The lowest BCUT2D eigenvalue weighted by Crippen LogP contribution is -2.54. The molecule has 1 aliphatic carbocycles. The quantitative estimate of drug-likeness (QED) is 0.762. The molecular weight excluding hydrogens is 400 g/mol. The van der Waals surface area contributed by atoms with Crippen molar-refractivity contribution in [3.8, 4) is 0 Å². The average molecular weight is 427 g/mol. The van der Waals surface area contributed by atoms with Crippen LogP contribution in [-0.4, -0.2) is 51.3 Å². The van der Waals surface area contributed by atoms with Crippen LogP contribution in [0, 0.1) is 5.92 Å². The Morgan fingerprint density at radius 2 is 2.07 bits per heavy atom. The number of nitrogens with one attached hydrogen (secondary N) is 1. The van der Waals surface area contributed by atoms with E-state index in [9.17, 15) is 14.4 Å². The van der Waals surface area contributed by atoms with E-state index in [0.29, 0.717) is 13.0 Å². The lowest BCUT2D eigenvalue weighted by Gasteiger charge is -2.36. The number of carbonyl (C=O) groups excluding carboxylic acids is 3. The molecule has 2 aliphatic heterocycles. The zero-order valence-corrected chi connectivity index (χ0v) is 17.9. The summed E-state index contributed by atoms with van der Waals surface area (Å²) in [7, 11) is 0. The first-order valence-electron chi connectivity index (χ1n) is 10.8. The molecule has 3 atom stereocenters. The molecule has 1 spiro atoms. The first-order valence-corrected chi connectivity index (χ1v) is 11.6. The van der Waals surface area contributed by atoms with Gasteiger partial charge in [-0.25, -0.2) is 9.78 Å². The maximum Gasteiger partial charge on any atom is 0.325 e. The van der Waals surface area contributed by atoms with Gasteiger partial charge < -0.3 is 10.2 Å². The number of nitrogens with zero attached hydrogens (tertiary/aromatic N) is 3. The van der Waals surface area contributed by atoms with Crippen molar-refractivity contribution in [2.75, 3.05) is 13.1 Å². The summed E-state index contributed by atoms with van der Waals surface area (Å²) >= 11 is 1.61. The fourth-order valence-corrected chi connectivity index (χ4v) is 6.33. The zero-order chi connectivity index (χ0) is 20.9. The third kappa shape index (κ3) is 3.00. The van der Waals surface area contributed by atoms with Gasteiger partial charge in [0.15, 0.2) is 0 Å². The summed E-state index contributed by atoms with van der Waals surface area (Å²) in [6.07, 6.45) is 5.31. The van der Waals surface area contributed by atoms with Gasteiger partial charge in [0, 0.05) is 6.54 Å². The van der Waals surface area contributed by atoms with Crippen molar-refractivity contribution in [2.45, 2.75) is 57.0 Å². The van der Waals surface area contributed by atoms with Gasteiger partial charge in [-0.2, -0.15) is 0 Å². The van der Waals surface area contributed by atoms with Gasteiger partial charge in [-0.3, -0.25) is 14.5 Å². The lowest BCUT2D eigenvalue weighted by molar-refractivity contribution is -0.141. The van der Waals surface area contributed by atoms with Crippen LogP contribution in [0.5, 0.6) is 0 Å². The minimum atomic E-state index is -0.826. The molecular formula is C22H26N4O3S. The normalized spacial score (nSPS) is 29.2. The Kier molecular flexibility index (Phi) is 4.76. The number of thiazole rings is 1. The fourth-order valence-electron chi connectivity index (χ4n) is 5.22. The average Bonchev–Trinajstić information content (AvgIpc) is 3.43. The predicted octanol–water partition coefficient (Wildman–Crippen LogP) is 3.46. The Bertz CT molecular complexity index is 988. The van der Waals surface area contributed by atoms with E-state index in [1.54, 1.807) is 16.2 Å². The van der Waals surface area contributed by atoms with Crippen LogP contribution >= 0.6 is 11.3 Å². The highest BCUT2D eigenvalue weighted by Crippen LogP contribution is 2.39. The summed E-state index contributed by atoms with van der Waals surface area (Å²) in [6.45, 7) is 2.46. The van der Waals surface area contributed by atoms with Crippen LogP contribution in [0.1, 0.15) is 56.5 Å². The monoisotopic (exact) mass is 426 g/mol. The molecule has 1 saturated carbocycles. The molecule has 158 valence electrons. The van der Waals surface area contributed by atoms with Crippen molar-refractivity contribution >= 4 is 39.4 Å². The molecule has 5 rings (SSSR count). The van der Waals surface area contributed by atoms with Crippen LogP contribution in [0.15, 0.2) is 24.3 Å². The van der Waals surface area contributed by atoms with Crippen LogP contribution in [-0.2, 0) is 9.59 Å². The molecule has 3 fully saturated rings. The third-order valence-corrected chi connectivity index (χ3v) is 8.10. The minimum absolute atomic E-state index is 0.0850. The van der Waals surface area contributed by atoms with Crippen LogP contribution in [0.4, 0.5) is 4.79 Å². The number of hydrogen-bond donors (Lipinski definition) is 1.